The first-order valence-corrected chi connectivity index (χ1v) is 12.4. The number of nitrogens with zero attached hydrogens (tertiary/aromatic N) is 4. The Morgan fingerprint density at radius 1 is 1.03 bits per heavy atom. The monoisotopic (exact) mass is 511 g/mol. The highest BCUT2D eigenvalue weighted by molar-refractivity contribution is 7.93. The highest BCUT2D eigenvalue weighted by Gasteiger charge is 2.20. The molecule has 0 radical (unpaired) electrons. The molecule has 176 valence electrons. The summed E-state index contributed by atoms with van der Waals surface area (Å²) >= 11 is 1.06. The van der Waals surface area contributed by atoms with Crippen molar-refractivity contribution in [1.82, 2.24) is 20.2 Å². The van der Waals surface area contributed by atoms with Crippen molar-refractivity contribution < 1.29 is 21.9 Å². The Bertz CT molecular complexity index is 1660. The minimum atomic E-state index is -3.90. The number of hydrogen-bond donors (Lipinski definition) is 1. The van der Waals surface area contributed by atoms with Crippen LogP contribution >= 0.6 is 11.3 Å². The minimum absolute atomic E-state index is 0.0167. The van der Waals surface area contributed by atoms with Crippen molar-refractivity contribution >= 4 is 37.3 Å². The van der Waals surface area contributed by atoms with Crippen LogP contribution in [0.3, 0.4) is 0 Å². The smallest absolute Gasteiger partial charge is 0.263 e. The molecule has 35 heavy (non-hydrogen) atoms. The molecule has 5 rings (SSSR count). The Hall–Kier alpha value is -4.03. The van der Waals surface area contributed by atoms with Crippen molar-refractivity contribution in [3.05, 3.63) is 78.1 Å². The second-order valence-corrected chi connectivity index (χ2v) is 9.79. The van der Waals surface area contributed by atoms with Gasteiger partial charge in [0.1, 0.15) is 17.1 Å². The van der Waals surface area contributed by atoms with Gasteiger partial charge in [-0.25, -0.2) is 17.8 Å². The lowest BCUT2D eigenvalue weighted by atomic mass is 10.00. The molecule has 3 heterocycles. The van der Waals surface area contributed by atoms with Crippen LogP contribution in [0.2, 0.25) is 0 Å². The van der Waals surface area contributed by atoms with E-state index in [9.17, 15) is 12.8 Å². The summed E-state index contributed by atoms with van der Waals surface area (Å²) in [5.74, 6) is -1.08. The molecule has 0 saturated carbocycles. The van der Waals surface area contributed by atoms with Crippen LogP contribution in [0.4, 0.5) is 13.9 Å². The summed E-state index contributed by atoms with van der Waals surface area (Å²) < 4.78 is 62.1. The van der Waals surface area contributed by atoms with Crippen molar-refractivity contribution in [2.45, 2.75) is 4.90 Å². The van der Waals surface area contributed by atoms with Gasteiger partial charge in [0, 0.05) is 22.7 Å². The molecule has 12 heteroatoms. The van der Waals surface area contributed by atoms with Crippen LogP contribution in [0.5, 0.6) is 5.75 Å². The Kier molecular flexibility index (Phi) is 5.83. The predicted octanol–water partition coefficient (Wildman–Crippen LogP) is 4.90. The molecule has 3 aromatic heterocycles. The summed E-state index contributed by atoms with van der Waals surface area (Å²) in [5.41, 5.74) is 2.34. The highest BCUT2D eigenvalue weighted by Crippen LogP contribution is 2.38. The van der Waals surface area contributed by atoms with E-state index in [4.69, 9.17) is 4.74 Å². The van der Waals surface area contributed by atoms with Gasteiger partial charge < -0.3 is 4.74 Å². The SMILES string of the molecule is COc1cc(-c2cccc(F)n2)c(F)cc1-c1nccc2cc(S(=O)(=O)Nc3nncs3)ccc12. The first kappa shape index (κ1) is 22.7. The zero-order valence-electron chi connectivity index (χ0n) is 17.9. The van der Waals surface area contributed by atoms with E-state index in [1.807, 2.05) is 0 Å². The average molecular weight is 512 g/mol. The summed E-state index contributed by atoms with van der Waals surface area (Å²) in [6.45, 7) is 0. The van der Waals surface area contributed by atoms with Gasteiger partial charge in [0.05, 0.1) is 23.4 Å². The van der Waals surface area contributed by atoms with E-state index in [-0.39, 0.29) is 21.3 Å². The summed E-state index contributed by atoms with van der Waals surface area (Å²) in [6.07, 6.45) is 1.49. The largest absolute Gasteiger partial charge is 0.496 e. The number of ether oxygens (including phenoxy) is 1. The molecule has 0 aliphatic rings. The third-order valence-corrected chi connectivity index (χ3v) is 7.24. The quantitative estimate of drug-likeness (QED) is 0.323. The third-order valence-electron chi connectivity index (χ3n) is 5.16. The second kappa shape index (κ2) is 8.96. The van der Waals surface area contributed by atoms with Crippen molar-refractivity contribution in [1.29, 1.82) is 0 Å². The number of sulfonamides is 1. The molecule has 0 bridgehead atoms. The Morgan fingerprint density at radius 3 is 2.63 bits per heavy atom. The molecule has 8 nitrogen and oxygen atoms in total. The summed E-state index contributed by atoms with van der Waals surface area (Å²) in [4.78, 5) is 8.15. The molecule has 0 amide bonds. The van der Waals surface area contributed by atoms with Crippen molar-refractivity contribution in [2.75, 3.05) is 11.8 Å². The van der Waals surface area contributed by atoms with Crippen molar-refractivity contribution in [3.63, 3.8) is 0 Å². The van der Waals surface area contributed by atoms with Crippen molar-refractivity contribution in [2.24, 2.45) is 0 Å². The fourth-order valence-electron chi connectivity index (χ4n) is 3.59. The zero-order chi connectivity index (χ0) is 24.6. The lowest BCUT2D eigenvalue weighted by Crippen LogP contribution is -2.12. The zero-order valence-corrected chi connectivity index (χ0v) is 19.6. The maximum atomic E-state index is 15.1. The first-order chi connectivity index (χ1) is 16.9. The number of hydrogen-bond acceptors (Lipinski definition) is 8. The molecule has 0 fully saturated rings. The van der Waals surface area contributed by atoms with Gasteiger partial charge in [0.2, 0.25) is 11.1 Å². The molecule has 0 aliphatic carbocycles. The van der Waals surface area contributed by atoms with Gasteiger partial charge in [0.15, 0.2) is 0 Å². The number of fused-ring (bicyclic) bond motifs is 1. The number of nitrogens with one attached hydrogen (secondary N) is 1. The van der Waals surface area contributed by atoms with Crippen LogP contribution < -0.4 is 9.46 Å². The molecule has 2 aromatic carbocycles. The Labute approximate surface area is 202 Å². The number of anilines is 1. The van der Waals surface area contributed by atoms with E-state index in [1.165, 1.54) is 61.3 Å². The van der Waals surface area contributed by atoms with E-state index in [1.54, 1.807) is 12.1 Å². The van der Waals surface area contributed by atoms with Gasteiger partial charge in [-0.05, 0) is 47.9 Å². The summed E-state index contributed by atoms with van der Waals surface area (Å²) in [6, 6.07) is 12.9. The standard InChI is InChI=1S/C23H15F2N5O3S2/c1-33-20-11-16(19-3-2-4-21(25)28-19)18(24)10-17(20)22-15-6-5-14(9-13(15)7-8-26-22)35(31,32)30-23-29-27-12-34-23/h2-12H,1H3,(H,29,30). The lowest BCUT2D eigenvalue weighted by molar-refractivity contribution is 0.415. The number of pyridine rings is 2. The van der Waals surface area contributed by atoms with E-state index < -0.39 is 21.8 Å². The topological polar surface area (TPSA) is 107 Å². The maximum absolute atomic E-state index is 15.1. The minimum Gasteiger partial charge on any atom is -0.496 e. The summed E-state index contributed by atoms with van der Waals surface area (Å²) in [7, 11) is -2.47. The second-order valence-electron chi connectivity index (χ2n) is 7.27. The molecular formula is C23H15F2N5O3S2. The van der Waals surface area contributed by atoms with Crippen molar-refractivity contribution in [3.8, 4) is 28.3 Å². The Morgan fingerprint density at radius 2 is 1.89 bits per heavy atom. The summed E-state index contributed by atoms with van der Waals surface area (Å²) in [5, 5.41) is 8.60. The lowest BCUT2D eigenvalue weighted by Gasteiger charge is -2.14. The van der Waals surface area contributed by atoms with Gasteiger partial charge in [-0.3, -0.25) is 9.71 Å². The molecule has 1 N–H and O–H groups in total. The van der Waals surface area contributed by atoms with Gasteiger partial charge in [-0.1, -0.05) is 23.5 Å². The predicted molar refractivity (Wildman–Crippen MR) is 128 cm³/mol. The fraction of sp³-hybridized carbons (Fsp3) is 0.0435. The molecule has 5 aromatic rings. The maximum Gasteiger partial charge on any atom is 0.263 e. The van der Waals surface area contributed by atoms with Gasteiger partial charge in [-0.2, -0.15) is 4.39 Å². The molecule has 0 atom stereocenters. The number of rotatable bonds is 6. The number of benzene rings is 2. The van der Waals surface area contributed by atoms with Crippen LogP contribution in [0.25, 0.3) is 33.3 Å². The van der Waals surface area contributed by atoms with E-state index in [0.717, 1.165) is 11.3 Å². The van der Waals surface area contributed by atoms with Gasteiger partial charge in [-0.15, -0.1) is 10.2 Å². The van der Waals surface area contributed by atoms with Crippen LogP contribution in [0.1, 0.15) is 0 Å². The van der Waals surface area contributed by atoms with Crippen LogP contribution in [-0.2, 0) is 10.0 Å². The van der Waals surface area contributed by atoms with Crippen LogP contribution in [0, 0.1) is 11.8 Å². The van der Waals surface area contributed by atoms with Crippen LogP contribution in [-0.4, -0.2) is 35.7 Å². The number of aromatic nitrogens is 4. The van der Waals surface area contributed by atoms with Crippen LogP contribution in [0.15, 0.2) is 71.2 Å². The van der Waals surface area contributed by atoms with E-state index in [2.05, 4.69) is 24.9 Å². The normalized spacial score (nSPS) is 11.5. The Balaban J connectivity index is 1.60. The first-order valence-electron chi connectivity index (χ1n) is 10.0. The molecule has 0 aliphatic heterocycles. The molecular weight excluding hydrogens is 496 g/mol. The average Bonchev–Trinajstić information content (AvgIpc) is 3.35. The van der Waals surface area contributed by atoms with E-state index >= 15 is 4.39 Å². The molecule has 0 saturated heterocycles. The molecule has 0 unspecified atom stereocenters. The number of halogens is 2. The third kappa shape index (κ3) is 4.40. The number of methoxy groups -OCH3 is 1. The fourth-order valence-corrected chi connectivity index (χ4v) is 5.32. The molecule has 0 spiro atoms. The van der Waals surface area contributed by atoms with Gasteiger partial charge >= 0.3 is 0 Å². The van der Waals surface area contributed by atoms with Gasteiger partial charge in [0.25, 0.3) is 10.0 Å². The highest BCUT2D eigenvalue weighted by atomic mass is 32.2. The van der Waals surface area contributed by atoms with E-state index in [0.29, 0.717) is 27.8 Å².